The lowest BCUT2D eigenvalue weighted by molar-refractivity contribution is 0.146. The average Bonchev–Trinajstić information content (AvgIpc) is 2.48. The van der Waals surface area contributed by atoms with Gasteiger partial charge >= 0.3 is 0 Å². The van der Waals surface area contributed by atoms with Crippen LogP contribution < -0.4 is 5.73 Å². The van der Waals surface area contributed by atoms with E-state index in [0.29, 0.717) is 12.0 Å². The fourth-order valence-electron chi connectivity index (χ4n) is 3.30. The quantitative estimate of drug-likeness (QED) is 0.877. The number of hydrogen-bond donors (Lipinski definition) is 1. The molecule has 0 amide bonds. The van der Waals surface area contributed by atoms with Crippen molar-refractivity contribution in [1.29, 1.82) is 0 Å². The maximum Gasteiger partial charge on any atom is 0.0496 e. The summed E-state index contributed by atoms with van der Waals surface area (Å²) in [6.07, 6.45) is 5.19. The van der Waals surface area contributed by atoms with Crippen molar-refractivity contribution >= 4 is 0 Å². The van der Waals surface area contributed by atoms with E-state index in [9.17, 15) is 0 Å². The van der Waals surface area contributed by atoms with Crippen LogP contribution in [0.25, 0.3) is 0 Å². The number of rotatable bonds is 5. The zero-order chi connectivity index (χ0) is 14.5. The van der Waals surface area contributed by atoms with Crippen molar-refractivity contribution in [2.75, 3.05) is 13.1 Å². The van der Waals surface area contributed by atoms with Crippen molar-refractivity contribution in [2.24, 2.45) is 5.73 Å². The van der Waals surface area contributed by atoms with E-state index in [1.54, 1.807) is 0 Å². The Labute approximate surface area is 124 Å². The number of benzene rings is 1. The van der Waals surface area contributed by atoms with Crippen LogP contribution in [-0.2, 0) is 0 Å². The third kappa shape index (κ3) is 3.62. The Bertz CT molecular complexity index is 390. The topological polar surface area (TPSA) is 29.3 Å². The largest absolute Gasteiger partial charge is 0.326 e. The van der Waals surface area contributed by atoms with Crippen LogP contribution in [0.4, 0.5) is 0 Å². The van der Waals surface area contributed by atoms with Gasteiger partial charge in [-0.1, -0.05) is 44.5 Å². The summed E-state index contributed by atoms with van der Waals surface area (Å²) in [7, 11) is 0. The molecule has 1 aromatic rings. The Hall–Kier alpha value is -0.860. The van der Waals surface area contributed by atoms with Gasteiger partial charge in [0.2, 0.25) is 0 Å². The lowest BCUT2D eigenvalue weighted by atomic mass is 9.92. The summed E-state index contributed by atoms with van der Waals surface area (Å²) in [5, 5.41) is 0. The van der Waals surface area contributed by atoms with Gasteiger partial charge in [-0.2, -0.15) is 0 Å². The lowest BCUT2D eigenvalue weighted by Crippen LogP contribution is -2.42. The van der Waals surface area contributed by atoms with Crippen molar-refractivity contribution in [3.63, 3.8) is 0 Å². The molecule has 0 saturated carbocycles. The minimum atomic E-state index is 0.183. The Morgan fingerprint density at radius 3 is 2.05 bits per heavy atom. The summed E-state index contributed by atoms with van der Waals surface area (Å²) in [6.45, 7) is 9.07. The highest BCUT2D eigenvalue weighted by Crippen LogP contribution is 2.28. The molecule has 2 N–H and O–H groups in total. The number of likely N-dealkylation sites (tertiary alicyclic amines) is 1. The second-order valence-electron chi connectivity index (χ2n) is 6.38. The van der Waals surface area contributed by atoms with Crippen LogP contribution in [-0.4, -0.2) is 24.0 Å². The first-order chi connectivity index (χ1) is 9.63. The van der Waals surface area contributed by atoms with Crippen LogP contribution in [0, 0.1) is 0 Å². The van der Waals surface area contributed by atoms with Crippen molar-refractivity contribution in [3.05, 3.63) is 35.4 Å². The summed E-state index contributed by atoms with van der Waals surface area (Å²) in [5.74, 6) is 0.646. The molecule has 2 heteroatoms. The smallest absolute Gasteiger partial charge is 0.0496 e. The van der Waals surface area contributed by atoms with E-state index in [0.717, 1.165) is 0 Å². The molecule has 1 heterocycles. The number of piperidine rings is 1. The molecule has 0 aliphatic carbocycles. The van der Waals surface area contributed by atoms with Gasteiger partial charge in [0.25, 0.3) is 0 Å². The molecule has 0 spiro atoms. The van der Waals surface area contributed by atoms with E-state index in [1.807, 2.05) is 0 Å². The Morgan fingerprint density at radius 2 is 1.55 bits per heavy atom. The molecular weight excluding hydrogens is 244 g/mol. The summed E-state index contributed by atoms with van der Waals surface area (Å²) in [5.41, 5.74) is 9.11. The van der Waals surface area contributed by atoms with Crippen LogP contribution >= 0.6 is 0 Å². The van der Waals surface area contributed by atoms with Gasteiger partial charge < -0.3 is 5.73 Å². The highest BCUT2D eigenvalue weighted by Gasteiger charge is 2.25. The van der Waals surface area contributed by atoms with Crippen LogP contribution in [0.2, 0.25) is 0 Å². The van der Waals surface area contributed by atoms with E-state index >= 15 is 0 Å². The highest BCUT2D eigenvalue weighted by atomic mass is 15.2. The third-order valence-corrected chi connectivity index (χ3v) is 4.74. The molecule has 20 heavy (non-hydrogen) atoms. The highest BCUT2D eigenvalue weighted by molar-refractivity contribution is 5.28. The van der Waals surface area contributed by atoms with Gasteiger partial charge in [0.15, 0.2) is 0 Å². The molecule has 3 atom stereocenters. The predicted molar refractivity (Wildman–Crippen MR) is 87.0 cm³/mol. The molecule has 2 nitrogen and oxygen atoms in total. The predicted octanol–water partition coefficient (Wildman–Crippen LogP) is 4.07. The Kier molecular flexibility index (Phi) is 5.62. The number of nitrogens with zero attached hydrogens (tertiary/aromatic N) is 1. The van der Waals surface area contributed by atoms with Crippen molar-refractivity contribution in [2.45, 2.75) is 64.5 Å². The SMILES string of the molecule is CCC(C)c1ccc(C(C(C)N)N2CCCCC2)cc1. The van der Waals surface area contributed by atoms with Gasteiger partial charge in [-0.05, 0) is 56.3 Å². The molecule has 1 saturated heterocycles. The van der Waals surface area contributed by atoms with Gasteiger partial charge in [-0.3, -0.25) is 4.90 Å². The van der Waals surface area contributed by atoms with Gasteiger partial charge in [0, 0.05) is 12.1 Å². The fourth-order valence-corrected chi connectivity index (χ4v) is 3.30. The fraction of sp³-hybridized carbons (Fsp3) is 0.667. The van der Waals surface area contributed by atoms with E-state index in [-0.39, 0.29) is 6.04 Å². The van der Waals surface area contributed by atoms with Crippen molar-refractivity contribution < 1.29 is 0 Å². The zero-order valence-corrected chi connectivity index (χ0v) is 13.3. The molecule has 1 fully saturated rings. The molecule has 0 aromatic heterocycles. The molecule has 0 radical (unpaired) electrons. The lowest BCUT2D eigenvalue weighted by Gasteiger charge is -2.37. The monoisotopic (exact) mass is 274 g/mol. The molecule has 2 rings (SSSR count). The Morgan fingerprint density at radius 1 is 1.00 bits per heavy atom. The Balaban J connectivity index is 2.16. The summed E-state index contributed by atoms with van der Waals surface area (Å²) in [6, 6.07) is 9.74. The van der Waals surface area contributed by atoms with Gasteiger partial charge in [0.05, 0.1) is 0 Å². The van der Waals surface area contributed by atoms with Crippen molar-refractivity contribution in [3.8, 4) is 0 Å². The molecular formula is C18H30N2. The van der Waals surface area contributed by atoms with Gasteiger partial charge in [-0.15, -0.1) is 0 Å². The van der Waals surface area contributed by atoms with Crippen LogP contribution in [0.3, 0.4) is 0 Å². The van der Waals surface area contributed by atoms with Gasteiger partial charge in [-0.25, -0.2) is 0 Å². The van der Waals surface area contributed by atoms with E-state index in [2.05, 4.69) is 49.9 Å². The maximum atomic E-state index is 6.28. The summed E-state index contributed by atoms with van der Waals surface area (Å²) >= 11 is 0. The standard InChI is InChI=1S/C18H30N2/c1-4-14(2)16-8-10-17(11-9-16)18(15(3)19)20-12-6-5-7-13-20/h8-11,14-15,18H,4-7,12-13,19H2,1-3H3. The maximum absolute atomic E-state index is 6.28. The van der Waals surface area contributed by atoms with Crippen LogP contribution in [0.1, 0.15) is 69.5 Å². The molecule has 1 aliphatic rings. The second kappa shape index (κ2) is 7.24. The zero-order valence-electron chi connectivity index (χ0n) is 13.3. The second-order valence-corrected chi connectivity index (χ2v) is 6.38. The first kappa shape index (κ1) is 15.5. The molecule has 112 valence electrons. The van der Waals surface area contributed by atoms with Gasteiger partial charge in [0.1, 0.15) is 0 Å². The summed E-state index contributed by atoms with van der Waals surface area (Å²) in [4.78, 5) is 2.58. The number of hydrogen-bond acceptors (Lipinski definition) is 2. The minimum absolute atomic E-state index is 0.183. The molecule has 0 bridgehead atoms. The first-order valence-corrected chi connectivity index (χ1v) is 8.23. The average molecular weight is 274 g/mol. The third-order valence-electron chi connectivity index (χ3n) is 4.74. The van der Waals surface area contributed by atoms with Crippen LogP contribution in [0.5, 0.6) is 0 Å². The van der Waals surface area contributed by atoms with Crippen molar-refractivity contribution in [1.82, 2.24) is 4.90 Å². The normalized spacial score (nSPS) is 21.4. The van der Waals surface area contributed by atoms with E-state index < -0.39 is 0 Å². The molecule has 1 aromatic carbocycles. The van der Waals surface area contributed by atoms with Crippen LogP contribution in [0.15, 0.2) is 24.3 Å². The number of nitrogens with two attached hydrogens (primary N) is 1. The van der Waals surface area contributed by atoms with E-state index in [4.69, 9.17) is 5.73 Å². The molecule has 1 aliphatic heterocycles. The molecule has 3 unspecified atom stereocenters. The van der Waals surface area contributed by atoms with E-state index in [1.165, 1.54) is 49.9 Å². The minimum Gasteiger partial charge on any atom is -0.326 e. The first-order valence-electron chi connectivity index (χ1n) is 8.23. The summed E-state index contributed by atoms with van der Waals surface area (Å²) < 4.78 is 0.